The van der Waals surface area contributed by atoms with Crippen molar-refractivity contribution in [2.75, 3.05) is 54.5 Å². The summed E-state index contributed by atoms with van der Waals surface area (Å²) in [5.74, 6) is 2.29. The number of hydrogen-bond acceptors (Lipinski definition) is 9. The molecule has 5 rings (SSSR count). The number of anilines is 3. The Hall–Kier alpha value is -4.30. The fourth-order valence-corrected chi connectivity index (χ4v) is 4.31. The number of nitrogens with zero attached hydrogens (tertiary/aromatic N) is 7. The van der Waals surface area contributed by atoms with Crippen molar-refractivity contribution in [3.63, 3.8) is 0 Å². The standard InChI is InChI=1S/C25H27N9O2/c26-8-1-9-29-25(35)30-19-5-3-18(4-6-19)22-31-21-17-34(24-27-10-2-11-28-24)12-7-20(21)23(32-22)33-13-15-36-16-14-33/h2-6,10-11H,1,7,9,12-17H2,(H2,29,30,35). The highest BCUT2D eigenvalue weighted by Crippen LogP contribution is 2.31. The Bertz CT molecular complexity index is 1240. The van der Waals surface area contributed by atoms with Crippen LogP contribution in [0, 0.1) is 11.3 Å². The molecule has 2 aliphatic heterocycles. The number of carbonyl (C=O) groups is 1. The third kappa shape index (κ3) is 5.34. The number of carbonyl (C=O) groups excluding carboxylic acids is 1. The molecule has 2 N–H and O–H groups in total. The SMILES string of the molecule is N#CCCNC(=O)Nc1ccc(-c2nc3c(c(N4CCOCC4)n2)CCN(c2ncccn2)C3)cc1. The number of nitrogens with one attached hydrogen (secondary N) is 2. The minimum Gasteiger partial charge on any atom is -0.378 e. The van der Waals surface area contributed by atoms with Crippen LogP contribution in [0.1, 0.15) is 17.7 Å². The molecule has 2 aromatic heterocycles. The average Bonchev–Trinajstić information content (AvgIpc) is 2.93. The molecule has 2 aliphatic rings. The van der Waals surface area contributed by atoms with Crippen LogP contribution in [-0.4, -0.2) is 65.4 Å². The van der Waals surface area contributed by atoms with E-state index in [1.165, 1.54) is 5.56 Å². The van der Waals surface area contributed by atoms with Crippen LogP contribution in [0.3, 0.4) is 0 Å². The second kappa shape index (κ2) is 11.0. The predicted molar refractivity (Wildman–Crippen MR) is 135 cm³/mol. The van der Waals surface area contributed by atoms with Crippen LogP contribution in [0.25, 0.3) is 11.4 Å². The van der Waals surface area contributed by atoms with E-state index in [0.717, 1.165) is 43.1 Å². The zero-order valence-electron chi connectivity index (χ0n) is 19.9. The number of amides is 2. The maximum atomic E-state index is 12.0. The fraction of sp³-hybridized carbons (Fsp3) is 0.360. The number of rotatable bonds is 6. The molecule has 0 saturated carbocycles. The van der Waals surface area contributed by atoms with Gasteiger partial charge in [0, 0.05) is 55.4 Å². The largest absolute Gasteiger partial charge is 0.378 e. The second-order valence-electron chi connectivity index (χ2n) is 8.48. The summed E-state index contributed by atoms with van der Waals surface area (Å²) < 4.78 is 5.57. The zero-order chi connectivity index (χ0) is 24.7. The smallest absolute Gasteiger partial charge is 0.319 e. The van der Waals surface area contributed by atoms with E-state index >= 15 is 0 Å². The van der Waals surface area contributed by atoms with E-state index in [0.29, 0.717) is 43.8 Å². The molecule has 11 heteroatoms. The number of benzene rings is 1. The number of aromatic nitrogens is 4. The predicted octanol–water partition coefficient (Wildman–Crippen LogP) is 2.37. The van der Waals surface area contributed by atoms with Crippen molar-refractivity contribution in [2.45, 2.75) is 19.4 Å². The van der Waals surface area contributed by atoms with Crippen molar-refractivity contribution >= 4 is 23.5 Å². The summed E-state index contributed by atoms with van der Waals surface area (Å²) in [5, 5.41) is 14.0. The molecular formula is C25H27N9O2. The summed E-state index contributed by atoms with van der Waals surface area (Å²) >= 11 is 0. The first kappa shape index (κ1) is 23.4. The van der Waals surface area contributed by atoms with Crippen molar-refractivity contribution < 1.29 is 9.53 Å². The van der Waals surface area contributed by atoms with Gasteiger partial charge < -0.3 is 25.2 Å². The van der Waals surface area contributed by atoms with E-state index in [1.54, 1.807) is 12.4 Å². The van der Waals surface area contributed by atoms with Gasteiger partial charge in [-0.15, -0.1) is 0 Å². The van der Waals surface area contributed by atoms with E-state index in [1.807, 2.05) is 36.4 Å². The number of fused-ring (bicyclic) bond motifs is 1. The van der Waals surface area contributed by atoms with Crippen molar-refractivity contribution in [2.24, 2.45) is 0 Å². The molecule has 11 nitrogen and oxygen atoms in total. The normalized spacial score (nSPS) is 15.1. The second-order valence-corrected chi connectivity index (χ2v) is 8.48. The third-order valence-corrected chi connectivity index (χ3v) is 6.11. The van der Waals surface area contributed by atoms with E-state index in [4.69, 9.17) is 20.0 Å². The molecule has 1 saturated heterocycles. The van der Waals surface area contributed by atoms with Gasteiger partial charge in [-0.25, -0.2) is 24.7 Å². The summed E-state index contributed by atoms with van der Waals surface area (Å²) in [4.78, 5) is 35.2. The van der Waals surface area contributed by atoms with Gasteiger partial charge in [0.05, 0.1) is 37.9 Å². The first-order valence-corrected chi connectivity index (χ1v) is 12.0. The van der Waals surface area contributed by atoms with Crippen LogP contribution in [-0.2, 0) is 17.7 Å². The number of nitriles is 1. The van der Waals surface area contributed by atoms with E-state index in [9.17, 15) is 4.79 Å². The molecule has 0 radical (unpaired) electrons. The molecule has 1 fully saturated rings. The van der Waals surface area contributed by atoms with Gasteiger partial charge in [0.15, 0.2) is 5.82 Å². The topological polar surface area (TPSA) is 132 Å². The molecule has 36 heavy (non-hydrogen) atoms. The van der Waals surface area contributed by atoms with Gasteiger partial charge in [0.1, 0.15) is 5.82 Å². The van der Waals surface area contributed by atoms with E-state index in [2.05, 4.69) is 30.4 Å². The maximum absolute atomic E-state index is 12.0. The Morgan fingerprint density at radius 1 is 1.06 bits per heavy atom. The Labute approximate surface area is 209 Å². The maximum Gasteiger partial charge on any atom is 0.319 e. The summed E-state index contributed by atoms with van der Waals surface area (Å²) in [6.45, 7) is 4.64. The van der Waals surface area contributed by atoms with Crippen molar-refractivity contribution in [1.29, 1.82) is 5.26 Å². The Kier molecular flexibility index (Phi) is 7.14. The molecule has 0 bridgehead atoms. The molecule has 2 amide bonds. The highest BCUT2D eigenvalue weighted by atomic mass is 16.5. The van der Waals surface area contributed by atoms with Crippen LogP contribution >= 0.6 is 0 Å². The summed E-state index contributed by atoms with van der Waals surface area (Å²) in [5.41, 5.74) is 3.64. The van der Waals surface area contributed by atoms with E-state index in [-0.39, 0.29) is 12.5 Å². The van der Waals surface area contributed by atoms with Gasteiger partial charge in [-0.2, -0.15) is 5.26 Å². The molecule has 184 valence electrons. The van der Waals surface area contributed by atoms with Crippen molar-refractivity contribution in [1.82, 2.24) is 25.3 Å². The van der Waals surface area contributed by atoms with Gasteiger partial charge in [-0.1, -0.05) is 0 Å². The summed E-state index contributed by atoms with van der Waals surface area (Å²) in [7, 11) is 0. The summed E-state index contributed by atoms with van der Waals surface area (Å²) in [6.07, 6.45) is 4.58. The molecule has 0 unspecified atom stereocenters. The Morgan fingerprint density at radius 2 is 1.83 bits per heavy atom. The number of urea groups is 1. The molecule has 0 aliphatic carbocycles. The third-order valence-electron chi connectivity index (χ3n) is 6.11. The lowest BCUT2D eigenvalue weighted by Crippen LogP contribution is -2.39. The number of hydrogen-bond donors (Lipinski definition) is 2. The lowest BCUT2D eigenvalue weighted by Gasteiger charge is -2.34. The van der Waals surface area contributed by atoms with Gasteiger partial charge in [0.25, 0.3) is 0 Å². The minimum atomic E-state index is -0.346. The highest BCUT2D eigenvalue weighted by molar-refractivity contribution is 5.89. The quantitative estimate of drug-likeness (QED) is 0.505. The molecule has 4 heterocycles. The fourth-order valence-electron chi connectivity index (χ4n) is 4.31. The zero-order valence-corrected chi connectivity index (χ0v) is 19.9. The molecule has 0 spiro atoms. The van der Waals surface area contributed by atoms with E-state index < -0.39 is 0 Å². The number of ether oxygens (including phenoxy) is 1. The monoisotopic (exact) mass is 485 g/mol. The minimum absolute atomic E-state index is 0.265. The summed E-state index contributed by atoms with van der Waals surface area (Å²) in [6, 6.07) is 10.9. The van der Waals surface area contributed by atoms with Gasteiger partial charge in [-0.05, 0) is 36.8 Å². The first-order valence-electron chi connectivity index (χ1n) is 12.0. The van der Waals surface area contributed by atoms with Crippen molar-refractivity contribution in [3.8, 4) is 17.5 Å². The molecule has 0 atom stereocenters. The van der Waals surface area contributed by atoms with Crippen LogP contribution in [0.2, 0.25) is 0 Å². The van der Waals surface area contributed by atoms with Crippen LogP contribution < -0.4 is 20.4 Å². The van der Waals surface area contributed by atoms with Gasteiger partial charge in [0.2, 0.25) is 5.95 Å². The molecule has 3 aromatic rings. The number of morpholine rings is 1. The van der Waals surface area contributed by atoms with Gasteiger partial charge >= 0.3 is 6.03 Å². The van der Waals surface area contributed by atoms with Crippen molar-refractivity contribution in [3.05, 3.63) is 54.0 Å². The van der Waals surface area contributed by atoms with Crippen LogP contribution in [0.15, 0.2) is 42.7 Å². The first-order chi connectivity index (χ1) is 17.7. The van der Waals surface area contributed by atoms with Crippen LogP contribution in [0.5, 0.6) is 0 Å². The lowest BCUT2D eigenvalue weighted by atomic mass is 10.0. The Balaban J connectivity index is 1.41. The highest BCUT2D eigenvalue weighted by Gasteiger charge is 2.27. The lowest BCUT2D eigenvalue weighted by molar-refractivity contribution is 0.122. The van der Waals surface area contributed by atoms with Gasteiger partial charge in [-0.3, -0.25) is 0 Å². The Morgan fingerprint density at radius 3 is 2.58 bits per heavy atom. The average molecular weight is 486 g/mol. The molecular weight excluding hydrogens is 458 g/mol. The van der Waals surface area contributed by atoms with Crippen LogP contribution in [0.4, 0.5) is 22.2 Å². The molecule has 1 aromatic carbocycles.